The Balaban J connectivity index is 1.92. The van der Waals surface area contributed by atoms with Gasteiger partial charge >= 0.3 is 6.18 Å². The first-order valence-corrected chi connectivity index (χ1v) is 7.09. The van der Waals surface area contributed by atoms with E-state index in [0.717, 1.165) is 12.1 Å². The lowest BCUT2D eigenvalue weighted by atomic mass is 9.94. The Morgan fingerprint density at radius 1 is 1.22 bits per heavy atom. The fourth-order valence-electron chi connectivity index (χ4n) is 2.77. The molecule has 1 aromatic carbocycles. The van der Waals surface area contributed by atoms with Gasteiger partial charge in [0.1, 0.15) is 6.07 Å². The van der Waals surface area contributed by atoms with Crippen molar-refractivity contribution in [1.82, 2.24) is 9.78 Å². The van der Waals surface area contributed by atoms with E-state index in [1.807, 2.05) is 6.07 Å². The number of ketones is 1. The van der Waals surface area contributed by atoms with E-state index in [0.29, 0.717) is 36.1 Å². The molecule has 1 aromatic heterocycles. The van der Waals surface area contributed by atoms with E-state index in [-0.39, 0.29) is 18.0 Å². The predicted octanol–water partition coefficient (Wildman–Crippen LogP) is 3.34. The van der Waals surface area contributed by atoms with Gasteiger partial charge in [-0.25, -0.2) is 0 Å². The zero-order chi connectivity index (χ0) is 16.6. The number of hydrogen-bond acceptors (Lipinski definition) is 3. The standard InChI is InChI=1S/C16H12F3N3O/c17-16(18,19)11-6-4-10(5-7-11)9-22-13-2-1-3-14(23)15(13)12(8-20)21-22/h4-7H,1-3,9H2. The molecule has 23 heavy (non-hydrogen) atoms. The number of carbonyl (C=O) groups is 1. The van der Waals surface area contributed by atoms with Crippen LogP contribution < -0.4 is 0 Å². The molecule has 0 N–H and O–H groups in total. The predicted molar refractivity (Wildman–Crippen MR) is 74.8 cm³/mol. The molecular weight excluding hydrogens is 307 g/mol. The van der Waals surface area contributed by atoms with Gasteiger partial charge in [0.15, 0.2) is 11.5 Å². The van der Waals surface area contributed by atoms with Crippen molar-refractivity contribution in [2.45, 2.75) is 32.0 Å². The Bertz CT molecular complexity index is 798. The number of carbonyl (C=O) groups excluding carboxylic acids is 1. The maximum absolute atomic E-state index is 12.6. The van der Waals surface area contributed by atoms with Gasteiger partial charge in [-0.3, -0.25) is 9.48 Å². The summed E-state index contributed by atoms with van der Waals surface area (Å²) in [5.74, 6) is -0.0959. The second-order valence-corrected chi connectivity index (χ2v) is 5.41. The number of hydrogen-bond donors (Lipinski definition) is 0. The van der Waals surface area contributed by atoms with Crippen molar-refractivity contribution in [1.29, 1.82) is 5.26 Å². The molecule has 0 amide bonds. The monoisotopic (exact) mass is 319 g/mol. The first-order chi connectivity index (χ1) is 10.9. The van der Waals surface area contributed by atoms with Gasteiger partial charge < -0.3 is 0 Å². The Morgan fingerprint density at radius 3 is 2.52 bits per heavy atom. The maximum atomic E-state index is 12.6. The van der Waals surface area contributed by atoms with Gasteiger partial charge in [0, 0.05) is 6.42 Å². The molecule has 118 valence electrons. The Morgan fingerprint density at radius 2 is 1.91 bits per heavy atom. The minimum Gasteiger partial charge on any atom is -0.294 e. The van der Waals surface area contributed by atoms with Crippen LogP contribution in [0.5, 0.6) is 0 Å². The largest absolute Gasteiger partial charge is 0.416 e. The second-order valence-electron chi connectivity index (χ2n) is 5.41. The van der Waals surface area contributed by atoms with Crippen molar-refractivity contribution in [3.63, 3.8) is 0 Å². The Hall–Kier alpha value is -2.62. The summed E-state index contributed by atoms with van der Waals surface area (Å²) in [6.45, 7) is 0.232. The van der Waals surface area contributed by atoms with Crippen LogP contribution in [0.15, 0.2) is 24.3 Å². The Labute approximate surface area is 130 Å². The van der Waals surface area contributed by atoms with Gasteiger partial charge in [-0.05, 0) is 30.5 Å². The molecular formula is C16H12F3N3O. The van der Waals surface area contributed by atoms with Crippen LogP contribution in [0, 0.1) is 11.3 Å². The fourth-order valence-corrected chi connectivity index (χ4v) is 2.77. The summed E-state index contributed by atoms with van der Waals surface area (Å²) in [4.78, 5) is 12.0. The molecule has 3 rings (SSSR count). The third-order valence-corrected chi connectivity index (χ3v) is 3.87. The summed E-state index contributed by atoms with van der Waals surface area (Å²) in [7, 11) is 0. The second kappa shape index (κ2) is 5.54. The quantitative estimate of drug-likeness (QED) is 0.853. The molecule has 0 aliphatic heterocycles. The highest BCUT2D eigenvalue weighted by molar-refractivity contribution is 5.99. The molecule has 0 spiro atoms. The van der Waals surface area contributed by atoms with Gasteiger partial charge in [0.2, 0.25) is 0 Å². The smallest absolute Gasteiger partial charge is 0.294 e. The van der Waals surface area contributed by atoms with Crippen molar-refractivity contribution < 1.29 is 18.0 Å². The summed E-state index contributed by atoms with van der Waals surface area (Å²) in [5, 5.41) is 13.3. The van der Waals surface area contributed by atoms with Crippen molar-refractivity contribution in [3.05, 3.63) is 52.3 Å². The number of Topliss-reactive ketones (excluding diaryl/α,β-unsaturated/α-hetero) is 1. The van der Waals surface area contributed by atoms with Crippen LogP contribution in [0.2, 0.25) is 0 Å². The molecule has 0 saturated heterocycles. The zero-order valence-electron chi connectivity index (χ0n) is 12.0. The van der Waals surface area contributed by atoms with Crippen LogP contribution >= 0.6 is 0 Å². The average molecular weight is 319 g/mol. The van der Waals surface area contributed by atoms with E-state index < -0.39 is 11.7 Å². The first-order valence-electron chi connectivity index (χ1n) is 7.09. The zero-order valence-corrected chi connectivity index (χ0v) is 12.0. The molecule has 1 aliphatic carbocycles. The van der Waals surface area contributed by atoms with E-state index >= 15 is 0 Å². The van der Waals surface area contributed by atoms with E-state index in [1.54, 1.807) is 4.68 Å². The fraction of sp³-hybridized carbons (Fsp3) is 0.312. The van der Waals surface area contributed by atoms with Crippen molar-refractivity contribution in [2.75, 3.05) is 0 Å². The van der Waals surface area contributed by atoms with Crippen molar-refractivity contribution >= 4 is 5.78 Å². The van der Waals surface area contributed by atoms with Gasteiger partial charge in [-0.15, -0.1) is 0 Å². The number of rotatable bonds is 2. The van der Waals surface area contributed by atoms with Crippen LogP contribution in [0.3, 0.4) is 0 Å². The first kappa shape index (κ1) is 15.3. The van der Waals surface area contributed by atoms with Crippen LogP contribution in [-0.2, 0) is 19.1 Å². The maximum Gasteiger partial charge on any atom is 0.416 e. The van der Waals surface area contributed by atoms with Crippen LogP contribution in [0.4, 0.5) is 13.2 Å². The molecule has 0 saturated carbocycles. The van der Waals surface area contributed by atoms with E-state index in [2.05, 4.69) is 5.10 Å². The van der Waals surface area contributed by atoms with Gasteiger partial charge in [0.25, 0.3) is 0 Å². The highest BCUT2D eigenvalue weighted by atomic mass is 19.4. The number of halogens is 3. The van der Waals surface area contributed by atoms with Crippen LogP contribution in [0.25, 0.3) is 0 Å². The average Bonchev–Trinajstić information content (AvgIpc) is 2.86. The molecule has 0 fully saturated rings. The molecule has 2 aromatic rings. The third-order valence-electron chi connectivity index (χ3n) is 3.87. The molecule has 0 bridgehead atoms. The normalized spacial score (nSPS) is 14.4. The third kappa shape index (κ3) is 2.84. The summed E-state index contributed by atoms with van der Waals surface area (Å²) in [6, 6.07) is 6.72. The van der Waals surface area contributed by atoms with E-state index in [9.17, 15) is 18.0 Å². The lowest BCUT2D eigenvalue weighted by molar-refractivity contribution is -0.137. The SMILES string of the molecule is N#Cc1nn(Cc2ccc(C(F)(F)F)cc2)c2c1C(=O)CCC2. The molecule has 0 radical (unpaired) electrons. The lowest BCUT2D eigenvalue weighted by Gasteiger charge is -2.13. The summed E-state index contributed by atoms with van der Waals surface area (Å²) < 4.78 is 39.3. The molecule has 1 aliphatic rings. The van der Waals surface area contributed by atoms with Crippen LogP contribution in [-0.4, -0.2) is 15.6 Å². The van der Waals surface area contributed by atoms with Gasteiger partial charge in [-0.1, -0.05) is 12.1 Å². The van der Waals surface area contributed by atoms with Gasteiger partial charge in [0.05, 0.1) is 23.4 Å². The highest BCUT2D eigenvalue weighted by Gasteiger charge is 2.30. The molecule has 7 heteroatoms. The minimum absolute atomic E-state index is 0.0941. The Kier molecular flexibility index (Phi) is 3.68. The molecule has 0 atom stereocenters. The van der Waals surface area contributed by atoms with E-state index in [4.69, 9.17) is 5.26 Å². The number of fused-ring (bicyclic) bond motifs is 1. The summed E-state index contributed by atoms with van der Waals surface area (Å²) in [6.07, 6.45) is -2.65. The summed E-state index contributed by atoms with van der Waals surface area (Å²) >= 11 is 0. The summed E-state index contributed by atoms with van der Waals surface area (Å²) in [5.41, 5.74) is 1.07. The van der Waals surface area contributed by atoms with Gasteiger partial charge in [-0.2, -0.15) is 23.5 Å². The van der Waals surface area contributed by atoms with Crippen molar-refractivity contribution in [2.24, 2.45) is 0 Å². The lowest BCUT2D eigenvalue weighted by Crippen LogP contribution is -2.14. The number of aromatic nitrogens is 2. The molecule has 1 heterocycles. The minimum atomic E-state index is -4.37. The number of nitrogens with zero attached hydrogens (tertiary/aromatic N) is 3. The number of nitriles is 1. The highest BCUT2D eigenvalue weighted by Crippen LogP contribution is 2.29. The number of alkyl halides is 3. The van der Waals surface area contributed by atoms with Crippen LogP contribution in [0.1, 0.15) is 45.7 Å². The number of benzene rings is 1. The molecule has 4 nitrogen and oxygen atoms in total. The van der Waals surface area contributed by atoms with Crippen molar-refractivity contribution in [3.8, 4) is 6.07 Å². The van der Waals surface area contributed by atoms with E-state index in [1.165, 1.54) is 12.1 Å². The molecule has 0 unspecified atom stereocenters. The topological polar surface area (TPSA) is 58.7 Å².